The number of carbonyl (C=O) groups is 3. The van der Waals surface area contributed by atoms with Crippen molar-refractivity contribution in [1.29, 1.82) is 0 Å². The fraction of sp³-hybridized carbons (Fsp3) is 0.320. The van der Waals surface area contributed by atoms with Gasteiger partial charge in [-0.15, -0.1) is 0 Å². The molecule has 1 fully saturated rings. The highest BCUT2D eigenvalue weighted by Gasteiger charge is 2.46. The summed E-state index contributed by atoms with van der Waals surface area (Å²) in [6.45, 7) is 0.210. The number of amides is 1. The van der Waals surface area contributed by atoms with E-state index >= 15 is 0 Å². The standard InChI is InChI=1S/C25H26ClNO7/c1-33-17-11-12-18(19(14-17)34-2)22-21(23(30)15-7-9-16(26)10-8-15)24(31)25(32)27(22)13-5-3-4-6-20(28)29/h7-12,14,22,30H,3-6,13H2,1-2H3,(H,28,29)/t22-/m1/s1. The van der Waals surface area contributed by atoms with Crippen LogP contribution in [-0.4, -0.2) is 53.5 Å². The molecule has 1 amide bonds. The average molecular weight is 488 g/mol. The van der Waals surface area contributed by atoms with Crippen LogP contribution in [0.4, 0.5) is 0 Å². The molecule has 2 aromatic carbocycles. The largest absolute Gasteiger partial charge is 0.507 e. The molecule has 9 heteroatoms. The van der Waals surface area contributed by atoms with Crippen molar-refractivity contribution in [2.24, 2.45) is 0 Å². The number of carboxylic acid groups (broad SMARTS) is 1. The van der Waals surface area contributed by atoms with Crippen LogP contribution in [0.1, 0.15) is 42.9 Å². The highest BCUT2D eigenvalue weighted by molar-refractivity contribution is 6.46. The smallest absolute Gasteiger partial charge is 0.303 e. The predicted molar refractivity (Wildman–Crippen MR) is 126 cm³/mol. The van der Waals surface area contributed by atoms with E-state index in [-0.39, 0.29) is 24.3 Å². The second kappa shape index (κ2) is 11.1. The Morgan fingerprint density at radius 2 is 1.71 bits per heavy atom. The number of halogens is 1. The van der Waals surface area contributed by atoms with Crippen LogP contribution in [-0.2, 0) is 14.4 Å². The molecule has 0 radical (unpaired) electrons. The first-order chi connectivity index (χ1) is 16.3. The van der Waals surface area contributed by atoms with Crippen molar-refractivity contribution in [3.05, 3.63) is 64.2 Å². The third-order valence-electron chi connectivity index (χ3n) is 5.68. The Morgan fingerprint density at radius 1 is 1.00 bits per heavy atom. The van der Waals surface area contributed by atoms with Crippen LogP contribution in [0.3, 0.4) is 0 Å². The Kier molecular flexibility index (Phi) is 8.17. The van der Waals surface area contributed by atoms with E-state index in [1.165, 1.54) is 19.1 Å². The molecule has 180 valence electrons. The average Bonchev–Trinajstić information content (AvgIpc) is 3.08. The number of nitrogens with zero attached hydrogens (tertiary/aromatic N) is 1. The van der Waals surface area contributed by atoms with Crippen LogP contribution >= 0.6 is 11.6 Å². The zero-order chi connectivity index (χ0) is 24.8. The quantitative estimate of drug-likeness (QED) is 0.220. The lowest BCUT2D eigenvalue weighted by molar-refractivity contribution is -0.140. The third-order valence-corrected chi connectivity index (χ3v) is 5.93. The maximum atomic E-state index is 13.1. The molecule has 1 atom stereocenters. The molecule has 0 saturated carbocycles. The van der Waals surface area contributed by atoms with Crippen LogP contribution in [0.2, 0.25) is 5.02 Å². The van der Waals surface area contributed by atoms with Gasteiger partial charge in [0.15, 0.2) is 0 Å². The molecular formula is C25H26ClNO7. The summed E-state index contributed by atoms with van der Waals surface area (Å²) >= 11 is 5.95. The molecule has 2 N–H and O–H groups in total. The van der Waals surface area contributed by atoms with Gasteiger partial charge in [0.05, 0.1) is 25.8 Å². The zero-order valence-corrected chi connectivity index (χ0v) is 19.7. The number of benzene rings is 2. The molecule has 1 aliphatic heterocycles. The van der Waals surface area contributed by atoms with Crippen molar-refractivity contribution in [2.75, 3.05) is 20.8 Å². The Balaban J connectivity index is 2.06. The summed E-state index contributed by atoms with van der Waals surface area (Å²) < 4.78 is 10.8. The maximum absolute atomic E-state index is 13.1. The van der Waals surface area contributed by atoms with E-state index in [9.17, 15) is 19.5 Å². The third kappa shape index (κ3) is 5.34. The number of carboxylic acids is 1. The molecule has 1 aliphatic rings. The van der Waals surface area contributed by atoms with Gasteiger partial charge in [0.25, 0.3) is 11.7 Å². The Labute approximate surface area is 202 Å². The summed E-state index contributed by atoms with van der Waals surface area (Å²) in [7, 11) is 2.98. The molecule has 0 aromatic heterocycles. The highest BCUT2D eigenvalue weighted by Crippen LogP contribution is 2.43. The van der Waals surface area contributed by atoms with Crippen molar-refractivity contribution in [2.45, 2.75) is 31.7 Å². The summed E-state index contributed by atoms with van der Waals surface area (Å²) in [5.41, 5.74) is 0.811. The summed E-state index contributed by atoms with van der Waals surface area (Å²) in [6.07, 6.45) is 1.56. The minimum atomic E-state index is -0.893. The number of unbranched alkanes of at least 4 members (excludes halogenated alkanes) is 2. The number of aliphatic hydroxyl groups is 1. The van der Waals surface area contributed by atoms with Gasteiger partial charge in [-0.1, -0.05) is 18.0 Å². The number of aliphatic carboxylic acids is 1. The fourth-order valence-electron chi connectivity index (χ4n) is 3.98. The molecule has 0 bridgehead atoms. The molecule has 1 heterocycles. The Bertz CT molecular complexity index is 1110. The minimum Gasteiger partial charge on any atom is -0.507 e. The van der Waals surface area contributed by atoms with Crippen molar-refractivity contribution < 1.29 is 34.1 Å². The van der Waals surface area contributed by atoms with Crippen molar-refractivity contribution >= 4 is 35.0 Å². The van der Waals surface area contributed by atoms with E-state index in [4.69, 9.17) is 26.2 Å². The lowest BCUT2D eigenvalue weighted by Crippen LogP contribution is -2.31. The second-order valence-corrected chi connectivity index (χ2v) is 8.25. The molecule has 0 unspecified atom stereocenters. The van der Waals surface area contributed by atoms with Gasteiger partial charge < -0.3 is 24.6 Å². The number of carbonyl (C=O) groups excluding carboxylic acids is 2. The van der Waals surface area contributed by atoms with E-state index < -0.39 is 23.7 Å². The molecule has 3 rings (SSSR count). The monoisotopic (exact) mass is 487 g/mol. The van der Waals surface area contributed by atoms with E-state index in [0.717, 1.165) is 0 Å². The molecule has 0 spiro atoms. The SMILES string of the molecule is COc1ccc([C@@H]2C(=C(O)c3ccc(Cl)cc3)C(=O)C(=O)N2CCCCCC(=O)O)c(OC)c1. The second-order valence-electron chi connectivity index (χ2n) is 7.81. The zero-order valence-electron chi connectivity index (χ0n) is 18.9. The van der Waals surface area contributed by atoms with E-state index in [1.54, 1.807) is 42.5 Å². The summed E-state index contributed by atoms with van der Waals surface area (Å²) in [6, 6.07) is 10.4. The first kappa shape index (κ1) is 25.1. The van der Waals surface area contributed by atoms with Gasteiger partial charge in [-0.3, -0.25) is 14.4 Å². The number of hydrogen-bond acceptors (Lipinski definition) is 6. The lowest BCUT2D eigenvalue weighted by Gasteiger charge is -2.27. The number of Topliss-reactive ketones (excluding diaryl/α,β-unsaturated/α-hetero) is 1. The number of methoxy groups -OCH3 is 2. The number of rotatable bonds is 10. The van der Waals surface area contributed by atoms with Crippen LogP contribution in [0.15, 0.2) is 48.0 Å². The Hall–Kier alpha value is -3.52. The maximum Gasteiger partial charge on any atom is 0.303 e. The summed E-state index contributed by atoms with van der Waals surface area (Å²) in [4.78, 5) is 38.3. The predicted octanol–water partition coefficient (Wildman–Crippen LogP) is 4.42. The first-order valence-electron chi connectivity index (χ1n) is 10.8. The van der Waals surface area contributed by atoms with Crippen LogP contribution in [0, 0.1) is 0 Å². The lowest BCUT2D eigenvalue weighted by atomic mass is 9.94. The number of aliphatic hydroxyl groups excluding tert-OH is 1. The van der Waals surface area contributed by atoms with Gasteiger partial charge in [0.1, 0.15) is 17.3 Å². The van der Waals surface area contributed by atoms with E-state index in [1.807, 2.05) is 0 Å². The Morgan fingerprint density at radius 3 is 2.32 bits per heavy atom. The molecule has 1 saturated heterocycles. The number of ether oxygens (including phenoxy) is 2. The van der Waals surface area contributed by atoms with Crippen LogP contribution < -0.4 is 9.47 Å². The fourth-order valence-corrected chi connectivity index (χ4v) is 4.10. The molecule has 0 aliphatic carbocycles. The summed E-state index contributed by atoms with van der Waals surface area (Å²) in [5.74, 6) is -1.82. The topological polar surface area (TPSA) is 113 Å². The normalized spacial score (nSPS) is 17.1. The van der Waals surface area contributed by atoms with Crippen molar-refractivity contribution in [1.82, 2.24) is 4.90 Å². The van der Waals surface area contributed by atoms with E-state index in [0.29, 0.717) is 46.9 Å². The van der Waals surface area contributed by atoms with Gasteiger partial charge in [-0.2, -0.15) is 0 Å². The number of hydrogen-bond donors (Lipinski definition) is 2. The highest BCUT2D eigenvalue weighted by atomic mass is 35.5. The van der Waals surface area contributed by atoms with Crippen molar-refractivity contribution in [3.8, 4) is 11.5 Å². The summed E-state index contributed by atoms with van der Waals surface area (Å²) in [5, 5.41) is 20.4. The van der Waals surface area contributed by atoms with Crippen LogP contribution in [0.5, 0.6) is 11.5 Å². The number of likely N-dealkylation sites (tertiary alicyclic amines) is 1. The molecule has 2 aromatic rings. The number of ketones is 1. The minimum absolute atomic E-state index is 0.0329. The van der Waals surface area contributed by atoms with Gasteiger partial charge >= 0.3 is 5.97 Å². The van der Waals surface area contributed by atoms with Gasteiger partial charge in [0.2, 0.25) is 0 Å². The van der Waals surface area contributed by atoms with Crippen molar-refractivity contribution in [3.63, 3.8) is 0 Å². The van der Waals surface area contributed by atoms with E-state index in [2.05, 4.69) is 0 Å². The molecule has 8 nitrogen and oxygen atoms in total. The first-order valence-corrected chi connectivity index (χ1v) is 11.1. The molecular weight excluding hydrogens is 462 g/mol. The van der Waals surface area contributed by atoms with Gasteiger partial charge in [0, 0.05) is 35.2 Å². The van der Waals surface area contributed by atoms with Gasteiger partial charge in [-0.05, 0) is 49.2 Å². The van der Waals surface area contributed by atoms with Crippen LogP contribution in [0.25, 0.3) is 5.76 Å². The molecule has 34 heavy (non-hydrogen) atoms. The van der Waals surface area contributed by atoms with Gasteiger partial charge in [-0.25, -0.2) is 0 Å².